The number of pyridine rings is 1. The maximum atomic E-state index is 13.6. The maximum absolute atomic E-state index is 13.6. The number of Topliss-reactive ketones (excluding diaryl/α,β-unsaturated/α-hetero) is 1. The largest absolute Gasteiger partial charge is 0.497 e. The summed E-state index contributed by atoms with van der Waals surface area (Å²) in [7, 11) is 1.61. The fourth-order valence-corrected chi connectivity index (χ4v) is 4.92. The van der Waals surface area contributed by atoms with Crippen LogP contribution in [0, 0.1) is 6.92 Å². The molecule has 1 aromatic carbocycles. The van der Waals surface area contributed by atoms with E-state index >= 15 is 0 Å². The number of hydrogen-bond acceptors (Lipinski definition) is 6. The highest BCUT2D eigenvalue weighted by atomic mass is 16.5. The Morgan fingerprint density at radius 1 is 1.11 bits per heavy atom. The predicted molar refractivity (Wildman–Crippen MR) is 132 cm³/mol. The molecule has 0 unspecified atom stereocenters. The van der Waals surface area contributed by atoms with Crippen molar-refractivity contribution in [2.45, 2.75) is 38.5 Å². The molecule has 7 heteroatoms. The fourth-order valence-electron chi connectivity index (χ4n) is 4.92. The van der Waals surface area contributed by atoms with Crippen LogP contribution in [0.4, 0.5) is 5.82 Å². The first-order chi connectivity index (χ1) is 16.9. The van der Waals surface area contributed by atoms with Gasteiger partial charge in [0.25, 0.3) is 5.91 Å². The second-order valence-corrected chi connectivity index (χ2v) is 8.98. The summed E-state index contributed by atoms with van der Waals surface area (Å²) < 4.78 is 10.9. The minimum Gasteiger partial charge on any atom is -0.497 e. The van der Waals surface area contributed by atoms with Crippen molar-refractivity contribution in [2.24, 2.45) is 0 Å². The fraction of sp³-hybridized carbons (Fsp3) is 0.250. The van der Waals surface area contributed by atoms with Crippen LogP contribution in [0.15, 0.2) is 87.9 Å². The summed E-state index contributed by atoms with van der Waals surface area (Å²) in [5.74, 6) is 1.13. The molecule has 1 aliphatic carbocycles. The van der Waals surface area contributed by atoms with Gasteiger partial charge in [-0.2, -0.15) is 0 Å². The molecule has 0 radical (unpaired) electrons. The summed E-state index contributed by atoms with van der Waals surface area (Å²) in [5, 5.41) is 6.29. The molecule has 35 heavy (non-hydrogen) atoms. The molecule has 2 atom stereocenters. The third-order valence-corrected chi connectivity index (χ3v) is 6.62. The van der Waals surface area contributed by atoms with Crippen molar-refractivity contribution in [3.05, 3.63) is 100 Å². The van der Waals surface area contributed by atoms with Crippen molar-refractivity contribution in [1.82, 2.24) is 10.3 Å². The van der Waals surface area contributed by atoms with Gasteiger partial charge in [-0.05, 0) is 61.7 Å². The van der Waals surface area contributed by atoms with E-state index in [1.807, 2.05) is 56.3 Å². The van der Waals surface area contributed by atoms with Gasteiger partial charge in [-0.25, -0.2) is 4.98 Å². The number of hydrogen-bond donors (Lipinski definition) is 2. The molecule has 0 fully saturated rings. The van der Waals surface area contributed by atoms with Crippen molar-refractivity contribution in [3.8, 4) is 5.75 Å². The Hall–Kier alpha value is -4.13. The number of aromatic nitrogens is 1. The molecule has 3 heterocycles. The number of anilines is 1. The summed E-state index contributed by atoms with van der Waals surface area (Å²) in [6.45, 7) is 3.81. The Kier molecular flexibility index (Phi) is 5.99. The zero-order valence-electron chi connectivity index (χ0n) is 19.9. The number of amides is 1. The number of furan rings is 1. The average molecular weight is 470 g/mol. The van der Waals surface area contributed by atoms with E-state index in [4.69, 9.17) is 9.15 Å². The lowest BCUT2D eigenvalue weighted by atomic mass is 9.72. The summed E-state index contributed by atoms with van der Waals surface area (Å²) in [4.78, 5) is 31.5. The number of aryl methyl sites for hydroxylation is 1. The standard InChI is InChI=1S/C28H27N3O4/c1-16-6-11-24(29-15-16)31-28(33)25-17(2)30-21-13-19(23-5-4-12-35-23)14-22(32)27(21)26(25)18-7-9-20(34-3)10-8-18/h4-12,15,19,26,30H,13-14H2,1-3H3,(H,29,31,33)/t19-,26+/m0/s1. The summed E-state index contributed by atoms with van der Waals surface area (Å²) in [6, 6.07) is 14.9. The van der Waals surface area contributed by atoms with Crippen LogP contribution >= 0.6 is 0 Å². The molecule has 1 aliphatic heterocycles. The summed E-state index contributed by atoms with van der Waals surface area (Å²) in [5.41, 5.74) is 4.54. The SMILES string of the molecule is COc1ccc([C@@H]2C(C(=O)Nc3ccc(C)cn3)=C(C)NC3=C2C(=O)C[C@@H](c2ccco2)C3)cc1. The van der Waals surface area contributed by atoms with E-state index in [0.717, 1.165) is 22.6 Å². The molecule has 178 valence electrons. The minimum atomic E-state index is -0.507. The average Bonchev–Trinajstić information content (AvgIpc) is 3.39. The van der Waals surface area contributed by atoms with Crippen molar-refractivity contribution >= 4 is 17.5 Å². The van der Waals surface area contributed by atoms with Gasteiger partial charge in [-0.15, -0.1) is 0 Å². The molecule has 2 aromatic heterocycles. The zero-order chi connectivity index (χ0) is 24.5. The molecule has 3 aromatic rings. The van der Waals surface area contributed by atoms with Gasteiger partial charge in [0, 0.05) is 47.0 Å². The first-order valence-corrected chi connectivity index (χ1v) is 11.6. The van der Waals surface area contributed by atoms with Crippen LogP contribution in [0.1, 0.15) is 48.5 Å². The van der Waals surface area contributed by atoms with E-state index in [-0.39, 0.29) is 17.6 Å². The lowest BCUT2D eigenvalue weighted by molar-refractivity contribution is -0.116. The molecule has 0 bridgehead atoms. The number of allylic oxidation sites excluding steroid dienone is 3. The van der Waals surface area contributed by atoms with E-state index in [2.05, 4.69) is 15.6 Å². The number of nitrogens with zero attached hydrogens (tertiary/aromatic N) is 1. The molecular weight excluding hydrogens is 442 g/mol. The minimum absolute atomic E-state index is 0.00669. The van der Waals surface area contributed by atoms with Gasteiger partial charge in [-0.3, -0.25) is 9.59 Å². The zero-order valence-corrected chi connectivity index (χ0v) is 19.9. The number of carbonyl (C=O) groups excluding carboxylic acids is 2. The molecule has 1 amide bonds. The Bertz CT molecular complexity index is 1320. The maximum Gasteiger partial charge on any atom is 0.255 e. The monoisotopic (exact) mass is 469 g/mol. The molecule has 2 N–H and O–H groups in total. The number of ether oxygens (including phenoxy) is 1. The number of ketones is 1. The smallest absolute Gasteiger partial charge is 0.255 e. The van der Waals surface area contributed by atoms with Crippen LogP contribution in [0.25, 0.3) is 0 Å². The third kappa shape index (κ3) is 4.37. The van der Waals surface area contributed by atoms with Crippen LogP contribution in [-0.4, -0.2) is 23.8 Å². The number of rotatable bonds is 5. The van der Waals surface area contributed by atoms with Gasteiger partial charge in [0.15, 0.2) is 5.78 Å². The topological polar surface area (TPSA) is 93.5 Å². The number of nitrogens with one attached hydrogen (secondary N) is 2. The number of carbonyl (C=O) groups is 2. The molecular formula is C28H27N3O4. The van der Waals surface area contributed by atoms with Gasteiger partial charge in [0.05, 0.1) is 13.4 Å². The van der Waals surface area contributed by atoms with E-state index in [1.165, 1.54) is 0 Å². The molecule has 0 saturated carbocycles. The Morgan fingerprint density at radius 2 is 1.91 bits per heavy atom. The first-order valence-electron chi connectivity index (χ1n) is 11.6. The van der Waals surface area contributed by atoms with Crippen molar-refractivity contribution < 1.29 is 18.7 Å². The van der Waals surface area contributed by atoms with Gasteiger partial charge >= 0.3 is 0 Å². The quantitative estimate of drug-likeness (QED) is 0.547. The number of benzene rings is 1. The second-order valence-electron chi connectivity index (χ2n) is 8.98. The summed E-state index contributed by atoms with van der Waals surface area (Å²) in [6.07, 6.45) is 4.29. The highest BCUT2D eigenvalue weighted by Crippen LogP contribution is 2.45. The Balaban J connectivity index is 1.55. The normalized spacial score (nSPS) is 19.8. The third-order valence-electron chi connectivity index (χ3n) is 6.62. The van der Waals surface area contributed by atoms with E-state index in [9.17, 15) is 9.59 Å². The highest BCUT2D eigenvalue weighted by Gasteiger charge is 2.41. The molecule has 2 aliphatic rings. The Labute approximate surface area is 203 Å². The molecule has 5 rings (SSSR count). The molecule has 0 saturated heterocycles. The molecule has 7 nitrogen and oxygen atoms in total. The van der Waals surface area contributed by atoms with Crippen LogP contribution in [0.3, 0.4) is 0 Å². The second kappa shape index (κ2) is 9.25. The van der Waals surface area contributed by atoms with Gasteiger partial charge in [0.2, 0.25) is 0 Å². The van der Waals surface area contributed by atoms with E-state index in [1.54, 1.807) is 25.6 Å². The van der Waals surface area contributed by atoms with Crippen LogP contribution in [-0.2, 0) is 9.59 Å². The van der Waals surface area contributed by atoms with Crippen molar-refractivity contribution in [3.63, 3.8) is 0 Å². The van der Waals surface area contributed by atoms with Crippen LogP contribution < -0.4 is 15.4 Å². The lowest BCUT2D eigenvalue weighted by Crippen LogP contribution is -2.37. The van der Waals surface area contributed by atoms with Gasteiger partial charge in [0.1, 0.15) is 17.3 Å². The predicted octanol–water partition coefficient (Wildman–Crippen LogP) is 4.99. The van der Waals surface area contributed by atoms with Crippen LogP contribution in [0.2, 0.25) is 0 Å². The van der Waals surface area contributed by atoms with Crippen molar-refractivity contribution in [2.75, 3.05) is 12.4 Å². The summed E-state index contributed by atoms with van der Waals surface area (Å²) >= 11 is 0. The van der Waals surface area contributed by atoms with Gasteiger partial charge < -0.3 is 19.8 Å². The molecule has 0 spiro atoms. The lowest BCUT2D eigenvalue weighted by Gasteiger charge is -2.36. The number of methoxy groups -OCH3 is 1. The van der Waals surface area contributed by atoms with E-state index < -0.39 is 5.92 Å². The first kappa shape index (κ1) is 22.7. The Morgan fingerprint density at radius 3 is 2.57 bits per heavy atom. The number of dihydropyridines is 1. The van der Waals surface area contributed by atoms with E-state index in [0.29, 0.717) is 41.3 Å². The van der Waals surface area contributed by atoms with Gasteiger partial charge in [-0.1, -0.05) is 18.2 Å². The van der Waals surface area contributed by atoms with Crippen LogP contribution in [0.5, 0.6) is 5.75 Å². The highest BCUT2D eigenvalue weighted by molar-refractivity contribution is 6.09. The van der Waals surface area contributed by atoms with Crippen molar-refractivity contribution in [1.29, 1.82) is 0 Å².